The second kappa shape index (κ2) is 13.0. The molecule has 8 heteroatoms. The third-order valence-electron chi connectivity index (χ3n) is 7.43. The lowest BCUT2D eigenvalue weighted by molar-refractivity contribution is -0.141. The highest BCUT2D eigenvalue weighted by Gasteiger charge is 2.48. The van der Waals surface area contributed by atoms with E-state index >= 15 is 0 Å². The summed E-state index contributed by atoms with van der Waals surface area (Å²) in [5.41, 5.74) is 3.03. The first-order valence-corrected chi connectivity index (χ1v) is 14.7. The van der Waals surface area contributed by atoms with Crippen LogP contribution in [0.1, 0.15) is 62.4 Å². The number of alkyl carbamates (subject to hydrolysis) is 1. The highest BCUT2D eigenvalue weighted by molar-refractivity contribution is 6.34. The van der Waals surface area contributed by atoms with Gasteiger partial charge in [0, 0.05) is 12.5 Å². The number of nitrogens with zero attached hydrogens (tertiary/aromatic N) is 1. The van der Waals surface area contributed by atoms with Crippen LogP contribution in [0.3, 0.4) is 0 Å². The molecule has 1 aliphatic carbocycles. The van der Waals surface area contributed by atoms with Crippen LogP contribution in [-0.4, -0.2) is 40.5 Å². The average molecular weight is 590 g/mol. The molecule has 0 heterocycles. The van der Waals surface area contributed by atoms with Gasteiger partial charge in [-0.05, 0) is 75.3 Å². The number of hydrogen-bond acceptors (Lipinski definition) is 4. The second-order valence-corrected chi connectivity index (χ2v) is 12.5. The van der Waals surface area contributed by atoms with Crippen molar-refractivity contribution in [3.05, 3.63) is 100 Å². The summed E-state index contributed by atoms with van der Waals surface area (Å²) in [5.74, 6) is -0.531. The van der Waals surface area contributed by atoms with Gasteiger partial charge in [0.2, 0.25) is 5.91 Å². The van der Waals surface area contributed by atoms with Crippen LogP contribution in [0, 0.1) is 19.8 Å². The van der Waals surface area contributed by atoms with Crippen molar-refractivity contribution >= 4 is 35.2 Å². The van der Waals surface area contributed by atoms with E-state index in [1.165, 1.54) is 0 Å². The van der Waals surface area contributed by atoms with Gasteiger partial charge in [0.1, 0.15) is 17.7 Å². The zero-order chi connectivity index (χ0) is 30.6. The zero-order valence-corrected chi connectivity index (χ0v) is 25.9. The second-order valence-electron chi connectivity index (χ2n) is 12.1. The number of nitrogens with one attached hydrogen (secondary N) is 2. The first-order chi connectivity index (χ1) is 19.9. The number of rotatable bonds is 9. The third-order valence-corrected chi connectivity index (χ3v) is 7.75. The van der Waals surface area contributed by atoms with E-state index in [1.54, 1.807) is 31.7 Å². The first kappa shape index (κ1) is 31.1. The molecule has 0 saturated heterocycles. The van der Waals surface area contributed by atoms with Gasteiger partial charge in [-0.3, -0.25) is 9.59 Å². The Balaban J connectivity index is 1.77. The Bertz CT molecular complexity index is 1420. The summed E-state index contributed by atoms with van der Waals surface area (Å²) in [7, 11) is 0. The Morgan fingerprint density at radius 3 is 2.17 bits per heavy atom. The zero-order valence-electron chi connectivity index (χ0n) is 25.1. The van der Waals surface area contributed by atoms with Gasteiger partial charge in [0.05, 0.1) is 10.7 Å². The van der Waals surface area contributed by atoms with Gasteiger partial charge in [-0.2, -0.15) is 0 Å². The van der Waals surface area contributed by atoms with E-state index in [4.69, 9.17) is 16.3 Å². The molecule has 4 rings (SSSR count). The summed E-state index contributed by atoms with van der Waals surface area (Å²) in [6.07, 6.45) is 0.295. The quantitative estimate of drug-likeness (QED) is 0.281. The van der Waals surface area contributed by atoms with Crippen molar-refractivity contribution in [1.82, 2.24) is 10.2 Å². The largest absolute Gasteiger partial charge is 0.444 e. The summed E-state index contributed by atoms with van der Waals surface area (Å²) in [5, 5.41) is 6.26. The minimum Gasteiger partial charge on any atom is -0.444 e. The van der Waals surface area contributed by atoms with Crippen molar-refractivity contribution in [3.63, 3.8) is 0 Å². The van der Waals surface area contributed by atoms with Crippen LogP contribution >= 0.6 is 11.6 Å². The number of anilines is 1. The van der Waals surface area contributed by atoms with Crippen LogP contribution in [0.2, 0.25) is 5.02 Å². The molecule has 4 unspecified atom stereocenters. The molecule has 0 spiro atoms. The summed E-state index contributed by atoms with van der Waals surface area (Å²) < 4.78 is 5.54. The molecule has 7 nitrogen and oxygen atoms in total. The molecular weight excluding hydrogens is 550 g/mol. The minimum atomic E-state index is -0.962. The first-order valence-electron chi connectivity index (χ1n) is 14.3. The maximum absolute atomic E-state index is 14.6. The Kier molecular flexibility index (Phi) is 9.62. The lowest BCUT2D eigenvalue weighted by Gasteiger charge is -2.36. The average Bonchev–Trinajstić information content (AvgIpc) is 3.64. The van der Waals surface area contributed by atoms with E-state index in [2.05, 4.69) is 17.6 Å². The van der Waals surface area contributed by atoms with Crippen LogP contribution in [0.4, 0.5) is 10.5 Å². The molecule has 0 aromatic heterocycles. The molecule has 222 valence electrons. The highest BCUT2D eigenvalue weighted by atomic mass is 35.5. The Morgan fingerprint density at radius 2 is 1.57 bits per heavy atom. The molecule has 2 N–H and O–H groups in total. The van der Waals surface area contributed by atoms with Gasteiger partial charge in [-0.15, -0.1) is 0 Å². The number of amides is 3. The lowest BCUT2D eigenvalue weighted by Crippen LogP contribution is -2.54. The maximum atomic E-state index is 14.6. The molecule has 1 saturated carbocycles. The van der Waals surface area contributed by atoms with Crippen LogP contribution in [0.5, 0.6) is 0 Å². The van der Waals surface area contributed by atoms with Gasteiger partial charge in [0.25, 0.3) is 5.91 Å². The monoisotopic (exact) mass is 589 g/mol. The van der Waals surface area contributed by atoms with Gasteiger partial charge < -0.3 is 20.3 Å². The SMILES string of the molecule is Cc1ccccc1C(C(=O)Nc1c(C)cccc1Cl)N(C(=O)C(Cc1ccccc1)NC(=O)OC(C)(C)C)C1CC1C. The van der Waals surface area contributed by atoms with E-state index in [-0.39, 0.29) is 30.2 Å². The third kappa shape index (κ3) is 7.71. The molecule has 4 atom stereocenters. The number of ether oxygens (including phenoxy) is 1. The smallest absolute Gasteiger partial charge is 0.408 e. The van der Waals surface area contributed by atoms with Crippen molar-refractivity contribution in [3.8, 4) is 0 Å². The molecule has 0 radical (unpaired) electrons. The number of aryl methyl sites for hydroxylation is 2. The minimum absolute atomic E-state index is 0.182. The molecular formula is C34H40ClN3O4. The normalized spacial score (nSPS) is 17.5. The number of carbonyl (C=O) groups is 3. The maximum Gasteiger partial charge on any atom is 0.408 e. The van der Waals surface area contributed by atoms with Crippen molar-refractivity contribution in [2.75, 3.05) is 5.32 Å². The Labute approximate surface area is 253 Å². The van der Waals surface area contributed by atoms with E-state index in [0.29, 0.717) is 16.3 Å². The summed E-state index contributed by atoms with van der Waals surface area (Å²) in [6.45, 7) is 11.2. The number of benzene rings is 3. The van der Waals surface area contributed by atoms with Gasteiger partial charge in [-0.25, -0.2) is 4.79 Å². The molecule has 0 aliphatic heterocycles. The molecule has 3 aromatic rings. The molecule has 42 heavy (non-hydrogen) atoms. The summed E-state index contributed by atoms with van der Waals surface area (Å²) in [6, 6.07) is 20.4. The van der Waals surface area contributed by atoms with E-state index in [9.17, 15) is 14.4 Å². The highest BCUT2D eigenvalue weighted by Crippen LogP contribution is 2.42. The molecule has 1 aliphatic rings. The van der Waals surface area contributed by atoms with E-state index in [0.717, 1.165) is 23.1 Å². The van der Waals surface area contributed by atoms with Crippen molar-refractivity contribution < 1.29 is 19.1 Å². The molecule has 3 aromatic carbocycles. The number of carbonyl (C=O) groups excluding carboxylic acids is 3. The Hall–Kier alpha value is -3.84. The van der Waals surface area contributed by atoms with E-state index in [1.807, 2.05) is 80.6 Å². The fraction of sp³-hybridized carbons (Fsp3) is 0.382. The molecule has 0 bridgehead atoms. The van der Waals surface area contributed by atoms with Crippen LogP contribution in [0.15, 0.2) is 72.8 Å². The summed E-state index contributed by atoms with van der Waals surface area (Å²) >= 11 is 6.49. The lowest BCUT2D eigenvalue weighted by atomic mass is 9.96. The van der Waals surface area contributed by atoms with Crippen LogP contribution < -0.4 is 10.6 Å². The topological polar surface area (TPSA) is 87.7 Å². The standard InChI is InChI=1S/C34H40ClN3O4/c1-21-13-10-11-17-25(21)30(31(39)37-29-22(2)14-12-18-26(29)35)38(28-19-23(28)3)32(40)27(20-24-15-8-7-9-16-24)36-33(41)42-34(4,5)6/h7-18,23,27-28,30H,19-20H2,1-6H3,(H,36,41)(H,37,39). The van der Waals surface area contributed by atoms with Gasteiger partial charge in [-0.1, -0.05) is 85.3 Å². The van der Waals surface area contributed by atoms with Crippen LogP contribution in [-0.2, 0) is 20.7 Å². The van der Waals surface area contributed by atoms with Crippen molar-refractivity contribution in [2.24, 2.45) is 5.92 Å². The molecule has 3 amide bonds. The number of halogens is 1. The predicted octanol–water partition coefficient (Wildman–Crippen LogP) is 7.01. The summed E-state index contributed by atoms with van der Waals surface area (Å²) in [4.78, 5) is 43.6. The van der Waals surface area contributed by atoms with Crippen LogP contribution in [0.25, 0.3) is 0 Å². The fourth-order valence-corrected chi connectivity index (χ4v) is 5.41. The predicted molar refractivity (Wildman–Crippen MR) is 166 cm³/mol. The van der Waals surface area contributed by atoms with Gasteiger partial charge >= 0.3 is 6.09 Å². The number of hydrogen-bond donors (Lipinski definition) is 2. The van der Waals surface area contributed by atoms with Gasteiger partial charge in [0.15, 0.2) is 0 Å². The van der Waals surface area contributed by atoms with E-state index < -0.39 is 23.8 Å². The molecule has 1 fully saturated rings. The fourth-order valence-electron chi connectivity index (χ4n) is 5.14. The van der Waals surface area contributed by atoms with Crippen molar-refractivity contribution in [2.45, 2.75) is 78.1 Å². The Morgan fingerprint density at radius 1 is 0.952 bits per heavy atom. The van der Waals surface area contributed by atoms with Crippen molar-refractivity contribution in [1.29, 1.82) is 0 Å². The number of para-hydroxylation sites is 1.